The molecular formula is C22H29N3O2. The highest BCUT2D eigenvalue weighted by molar-refractivity contribution is 6.05. The molecule has 0 aliphatic rings. The Balaban J connectivity index is 2.34. The summed E-state index contributed by atoms with van der Waals surface area (Å²) < 4.78 is 0. The van der Waals surface area contributed by atoms with E-state index in [2.05, 4.69) is 43.3 Å². The number of amides is 2. The number of benzene rings is 1. The Labute approximate surface area is 161 Å². The normalized spacial score (nSPS) is 11.1. The topological polar surface area (TPSA) is 71.1 Å². The van der Waals surface area contributed by atoms with E-state index in [-0.39, 0.29) is 35.4 Å². The molecule has 2 aromatic rings. The lowest BCUT2D eigenvalue weighted by Crippen LogP contribution is -2.30. The molecule has 1 aromatic heterocycles. The van der Waals surface area contributed by atoms with E-state index < -0.39 is 0 Å². The van der Waals surface area contributed by atoms with E-state index in [1.807, 2.05) is 32.0 Å². The van der Waals surface area contributed by atoms with Gasteiger partial charge in [0.2, 0.25) is 0 Å². The van der Waals surface area contributed by atoms with Crippen LogP contribution in [0.1, 0.15) is 85.4 Å². The molecule has 144 valence electrons. The van der Waals surface area contributed by atoms with Crippen molar-refractivity contribution in [3.8, 4) is 0 Å². The first-order chi connectivity index (χ1) is 12.7. The molecular weight excluding hydrogens is 338 g/mol. The molecule has 0 aliphatic heterocycles. The Morgan fingerprint density at radius 2 is 1.48 bits per heavy atom. The monoisotopic (exact) mass is 367 g/mol. The van der Waals surface area contributed by atoms with Crippen LogP contribution in [0.2, 0.25) is 0 Å². The number of nitrogens with one attached hydrogen (secondary N) is 2. The van der Waals surface area contributed by atoms with Gasteiger partial charge in [-0.25, -0.2) is 0 Å². The summed E-state index contributed by atoms with van der Waals surface area (Å²) in [5.74, 6) is 0.0151. The number of rotatable bonds is 6. The van der Waals surface area contributed by atoms with Gasteiger partial charge in [-0.3, -0.25) is 14.6 Å². The van der Waals surface area contributed by atoms with Gasteiger partial charge in [0.1, 0.15) is 5.69 Å². The number of hydrogen-bond donors (Lipinski definition) is 2. The maximum Gasteiger partial charge on any atom is 0.274 e. The number of anilines is 1. The van der Waals surface area contributed by atoms with Gasteiger partial charge in [0, 0.05) is 23.5 Å². The van der Waals surface area contributed by atoms with Crippen molar-refractivity contribution in [3.63, 3.8) is 0 Å². The third kappa shape index (κ3) is 5.16. The Morgan fingerprint density at radius 1 is 0.889 bits per heavy atom. The Hall–Kier alpha value is -2.69. The molecule has 0 bridgehead atoms. The lowest BCUT2D eigenvalue weighted by Gasteiger charge is -2.20. The Kier molecular flexibility index (Phi) is 6.72. The van der Waals surface area contributed by atoms with Crippen LogP contribution in [0.3, 0.4) is 0 Å². The number of nitrogens with zero attached hydrogens (tertiary/aromatic N) is 1. The zero-order valence-corrected chi connectivity index (χ0v) is 17.0. The molecule has 2 amide bonds. The zero-order chi connectivity index (χ0) is 20.1. The summed E-state index contributed by atoms with van der Waals surface area (Å²) in [5, 5.41) is 5.86. The minimum Gasteiger partial charge on any atom is -0.350 e. The smallest absolute Gasteiger partial charge is 0.274 e. The molecule has 2 N–H and O–H groups in total. The van der Waals surface area contributed by atoms with Gasteiger partial charge in [-0.05, 0) is 48.9 Å². The fraction of sp³-hybridized carbons (Fsp3) is 0.409. The maximum atomic E-state index is 12.9. The standard InChI is InChI=1S/C22H29N3O2/c1-13(2)17-8-7-9-18(14(3)4)20(17)25-22(27)19-12-16(10-11-23-19)21(26)24-15(5)6/h7-15H,1-6H3,(H,24,26)(H,25,27). The van der Waals surface area contributed by atoms with Crippen LogP contribution < -0.4 is 10.6 Å². The van der Waals surface area contributed by atoms with Gasteiger partial charge in [-0.15, -0.1) is 0 Å². The van der Waals surface area contributed by atoms with Gasteiger partial charge < -0.3 is 10.6 Å². The van der Waals surface area contributed by atoms with Gasteiger partial charge >= 0.3 is 0 Å². The molecule has 0 unspecified atom stereocenters. The first kappa shape index (κ1) is 20.6. The summed E-state index contributed by atoms with van der Waals surface area (Å²) in [5.41, 5.74) is 3.66. The minimum atomic E-state index is -0.316. The molecule has 0 radical (unpaired) electrons. The fourth-order valence-corrected chi connectivity index (χ4v) is 2.91. The van der Waals surface area contributed by atoms with Crippen LogP contribution in [0.5, 0.6) is 0 Å². The van der Waals surface area contributed by atoms with E-state index >= 15 is 0 Å². The van der Waals surface area contributed by atoms with Gasteiger partial charge in [-0.1, -0.05) is 45.9 Å². The first-order valence-electron chi connectivity index (χ1n) is 9.41. The molecule has 0 aliphatic carbocycles. The van der Waals surface area contributed by atoms with E-state index in [9.17, 15) is 9.59 Å². The zero-order valence-electron chi connectivity index (χ0n) is 17.0. The van der Waals surface area contributed by atoms with E-state index in [1.165, 1.54) is 12.3 Å². The Morgan fingerprint density at radius 3 is 2.00 bits per heavy atom. The third-order valence-electron chi connectivity index (χ3n) is 4.29. The van der Waals surface area contributed by atoms with Crippen molar-refractivity contribution in [1.82, 2.24) is 10.3 Å². The van der Waals surface area contributed by atoms with Gasteiger partial charge in [-0.2, -0.15) is 0 Å². The molecule has 5 heteroatoms. The quantitative estimate of drug-likeness (QED) is 0.776. The predicted octanol–water partition coefficient (Wildman–Crippen LogP) is 4.72. The molecule has 0 fully saturated rings. The van der Waals surface area contributed by atoms with Gasteiger partial charge in [0.05, 0.1) is 0 Å². The van der Waals surface area contributed by atoms with Crippen LogP contribution in [0.15, 0.2) is 36.5 Å². The largest absolute Gasteiger partial charge is 0.350 e. The van der Waals surface area contributed by atoms with Crippen LogP contribution in [-0.4, -0.2) is 22.8 Å². The van der Waals surface area contributed by atoms with Crippen LogP contribution in [0.25, 0.3) is 0 Å². The fourth-order valence-electron chi connectivity index (χ4n) is 2.91. The SMILES string of the molecule is CC(C)NC(=O)c1ccnc(C(=O)Nc2c(C(C)C)cccc2C(C)C)c1. The van der Waals surface area contributed by atoms with Crippen LogP contribution in [0.4, 0.5) is 5.69 Å². The van der Waals surface area contributed by atoms with E-state index in [0.29, 0.717) is 5.56 Å². The first-order valence-corrected chi connectivity index (χ1v) is 9.41. The lowest BCUT2D eigenvalue weighted by atomic mass is 9.92. The summed E-state index contributed by atoms with van der Waals surface area (Å²) in [6.07, 6.45) is 1.49. The molecule has 0 saturated heterocycles. The molecule has 2 rings (SSSR count). The number of aromatic nitrogens is 1. The average Bonchev–Trinajstić information content (AvgIpc) is 2.61. The molecule has 0 atom stereocenters. The number of carbonyl (C=O) groups is 2. The van der Waals surface area contributed by atoms with Crippen LogP contribution in [-0.2, 0) is 0 Å². The molecule has 5 nitrogen and oxygen atoms in total. The number of carbonyl (C=O) groups excluding carboxylic acids is 2. The Bertz CT molecular complexity index is 800. The summed E-state index contributed by atoms with van der Waals surface area (Å²) in [4.78, 5) is 29.2. The number of hydrogen-bond acceptors (Lipinski definition) is 3. The van der Waals surface area contributed by atoms with Crippen molar-refractivity contribution < 1.29 is 9.59 Å². The molecule has 0 saturated carbocycles. The van der Waals surface area contributed by atoms with Crippen LogP contribution in [0, 0.1) is 0 Å². The second-order valence-corrected chi connectivity index (χ2v) is 7.63. The second-order valence-electron chi connectivity index (χ2n) is 7.63. The predicted molar refractivity (Wildman–Crippen MR) is 109 cm³/mol. The van der Waals surface area contributed by atoms with E-state index in [1.54, 1.807) is 6.07 Å². The third-order valence-corrected chi connectivity index (χ3v) is 4.29. The number of pyridine rings is 1. The molecule has 27 heavy (non-hydrogen) atoms. The summed E-state index contributed by atoms with van der Waals surface area (Å²) in [6, 6.07) is 9.25. The lowest BCUT2D eigenvalue weighted by molar-refractivity contribution is 0.0943. The van der Waals surface area contributed by atoms with E-state index in [0.717, 1.165) is 16.8 Å². The van der Waals surface area contributed by atoms with Crippen LogP contribution >= 0.6 is 0 Å². The minimum absolute atomic E-state index is 0.0226. The maximum absolute atomic E-state index is 12.9. The van der Waals surface area contributed by atoms with Crippen molar-refractivity contribution in [2.45, 2.75) is 59.4 Å². The van der Waals surface area contributed by atoms with Crippen molar-refractivity contribution in [2.24, 2.45) is 0 Å². The molecule has 1 aromatic carbocycles. The van der Waals surface area contributed by atoms with Gasteiger partial charge in [0.15, 0.2) is 0 Å². The molecule has 1 heterocycles. The van der Waals surface area contributed by atoms with Crippen molar-refractivity contribution in [2.75, 3.05) is 5.32 Å². The van der Waals surface area contributed by atoms with Crippen molar-refractivity contribution in [3.05, 3.63) is 58.9 Å². The van der Waals surface area contributed by atoms with Crippen molar-refractivity contribution in [1.29, 1.82) is 0 Å². The summed E-state index contributed by atoms with van der Waals surface area (Å²) in [7, 11) is 0. The average molecular weight is 367 g/mol. The molecule has 0 spiro atoms. The highest BCUT2D eigenvalue weighted by atomic mass is 16.2. The van der Waals surface area contributed by atoms with E-state index in [4.69, 9.17) is 0 Å². The van der Waals surface area contributed by atoms with Crippen molar-refractivity contribution >= 4 is 17.5 Å². The second kappa shape index (κ2) is 8.80. The summed E-state index contributed by atoms with van der Waals surface area (Å²) in [6.45, 7) is 12.2. The summed E-state index contributed by atoms with van der Waals surface area (Å²) >= 11 is 0. The highest BCUT2D eigenvalue weighted by Crippen LogP contribution is 2.32. The van der Waals surface area contributed by atoms with Gasteiger partial charge in [0.25, 0.3) is 11.8 Å². The number of para-hydroxylation sites is 1. The highest BCUT2D eigenvalue weighted by Gasteiger charge is 2.18.